The first-order chi connectivity index (χ1) is 11.6. The van der Waals surface area contributed by atoms with Crippen LogP contribution < -0.4 is 10.6 Å². The van der Waals surface area contributed by atoms with E-state index < -0.39 is 0 Å². The highest BCUT2D eigenvalue weighted by molar-refractivity contribution is 7.08. The standard InChI is InChI=1S/C19H26N2O2S/c22-17(1-3-20-18(23)16-2-4-24-11-16)21-12-19-8-13-5-14(9-19)7-15(6-13)10-19/h2,4,11,13-15H,1,3,5-10,12H2,(H,20,23)(H,21,22). The summed E-state index contributed by atoms with van der Waals surface area (Å²) in [7, 11) is 0. The normalized spacial score (nSPS) is 33.4. The minimum Gasteiger partial charge on any atom is -0.355 e. The molecule has 0 unspecified atom stereocenters. The molecule has 1 aromatic rings. The summed E-state index contributed by atoms with van der Waals surface area (Å²) in [6.07, 6.45) is 8.60. The van der Waals surface area contributed by atoms with Crippen LogP contribution in [0.4, 0.5) is 0 Å². The molecule has 24 heavy (non-hydrogen) atoms. The van der Waals surface area contributed by atoms with Crippen molar-refractivity contribution >= 4 is 23.2 Å². The number of hydrogen-bond acceptors (Lipinski definition) is 3. The fraction of sp³-hybridized carbons (Fsp3) is 0.684. The van der Waals surface area contributed by atoms with Crippen molar-refractivity contribution < 1.29 is 9.59 Å². The van der Waals surface area contributed by atoms with E-state index in [1.54, 1.807) is 6.07 Å². The van der Waals surface area contributed by atoms with Crippen molar-refractivity contribution in [1.82, 2.24) is 10.6 Å². The van der Waals surface area contributed by atoms with Crippen molar-refractivity contribution in [2.45, 2.75) is 44.9 Å². The second-order valence-electron chi connectivity index (χ2n) is 8.21. The monoisotopic (exact) mass is 346 g/mol. The van der Waals surface area contributed by atoms with Crippen molar-refractivity contribution in [3.63, 3.8) is 0 Å². The van der Waals surface area contributed by atoms with Crippen LogP contribution in [-0.2, 0) is 4.79 Å². The molecular weight excluding hydrogens is 320 g/mol. The first-order valence-corrected chi connectivity index (χ1v) is 10.1. The molecule has 0 atom stereocenters. The van der Waals surface area contributed by atoms with Crippen LogP contribution in [0.3, 0.4) is 0 Å². The predicted molar refractivity (Wildman–Crippen MR) is 94.9 cm³/mol. The maximum atomic E-state index is 12.1. The molecule has 5 rings (SSSR count). The van der Waals surface area contributed by atoms with Gasteiger partial charge in [0.15, 0.2) is 0 Å². The maximum Gasteiger partial charge on any atom is 0.252 e. The van der Waals surface area contributed by atoms with Gasteiger partial charge in [0, 0.05) is 30.5 Å². The van der Waals surface area contributed by atoms with E-state index in [9.17, 15) is 9.59 Å². The highest BCUT2D eigenvalue weighted by Crippen LogP contribution is 2.59. The highest BCUT2D eigenvalue weighted by atomic mass is 32.1. The summed E-state index contributed by atoms with van der Waals surface area (Å²) in [6, 6.07) is 1.80. The lowest BCUT2D eigenvalue weighted by molar-refractivity contribution is -0.123. The smallest absolute Gasteiger partial charge is 0.252 e. The fourth-order valence-electron chi connectivity index (χ4n) is 5.67. The number of carbonyl (C=O) groups excluding carboxylic acids is 2. The van der Waals surface area contributed by atoms with Crippen LogP contribution in [0.5, 0.6) is 0 Å². The molecule has 4 aliphatic carbocycles. The fourth-order valence-corrected chi connectivity index (χ4v) is 6.30. The molecule has 4 nitrogen and oxygen atoms in total. The van der Waals surface area contributed by atoms with Gasteiger partial charge in [0.1, 0.15) is 0 Å². The van der Waals surface area contributed by atoms with E-state index in [4.69, 9.17) is 0 Å². The van der Waals surface area contributed by atoms with Gasteiger partial charge in [-0.05, 0) is 73.1 Å². The summed E-state index contributed by atoms with van der Waals surface area (Å²) in [4.78, 5) is 24.0. The van der Waals surface area contributed by atoms with Crippen LogP contribution >= 0.6 is 11.3 Å². The van der Waals surface area contributed by atoms with E-state index in [0.717, 1.165) is 24.3 Å². The SMILES string of the molecule is O=C(CCNC(=O)c1ccsc1)NCC12CC3CC(CC(C3)C1)C2. The molecular formula is C19H26N2O2S. The Labute approximate surface area is 147 Å². The highest BCUT2D eigenvalue weighted by Gasteiger charge is 2.50. The van der Waals surface area contributed by atoms with E-state index >= 15 is 0 Å². The molecule has 0 aliphatic heterocycles. The maximum absolute atomic E-state index is 12.1. The topological polar surface area (TPSA) is 58.2 Å². The molecule has 0 radical (unpaired) electrons. The van der Waals surface area contributed by atoms with Crippen LogP contribution in [0.25, 0.3) is 0 Å². The molecule has 1 heterocycles. The zero-order valence-corrected chi connectivity index (χ0v) is 14.9. The van der Waals surface area contributed by atoms with E-state index in [0.29, 0.717) is 23.9 Å². The Kier molecular flexibility index (Phi) is 4.37. The zero-order chi connectivity index (χ0) is 16.6. The van der Waals surface area contributed by atoms with Gasteiger partial charge in [0.05, 0.1) is 0 Å². The lowest BCUT2D eigenvalue weighted by Gasteiger charge is -2.56. The van der Waals surface area contributed by atoms with Crippen molar-refractivity contribution in [2.75, 3.05) is 13.1 Å². The van der Waals surface area contributed by atoms with Crippen LogP contribution in [-0.4, -0.2) is 24.9 Å². The molecule has 2 N–H and O–H groups in total. The molecule has 4 bridgehead atoms. The van der Waals surface area contributed by atoms with Crippen molar-refractivity contribution in [3.05, 3.63) is 22.4 Å². The Morgan fingerprint density at radius 2 is 1.75 bits per heavy atom. The summed E-state index contributed by atoms with van der Waals surface area (Å²) < 4.78 is 0. The van der Waals surface area contributed by atoms with Gasteiger partial charge in [-0.3, -0.25) is 9.59 Å². The Morgan fingerprint density at radius 1 is 1.08 bits per heavy atom. The first-order valence-electron chi connectivity index (χ1n) is 9.19. The molecule has 4 saturated carbocycles. The van der Waals surface area contributed by atoms with Crippen LogP contribution in [0, 0.1) is 23.2 Å². The summed E-state index contributed by atoms with van der Waals surface area (Å²) in [5, 5.41) is 9.68. The van der Waals surface area contributed by atoms with Gasteiger partial charge in [-0.1, -0.05) is 0 Å². The minimum absolute atomic E-state index is 0.0661. The number of thiophene rings is 1. The number of rotatable bonds is 6. The van der Waals surface area contributed by atoms with Crippen LogP contribution in [0.1, 0.15) is 55.3 Å². The van der Waals surface area contributed by atoms with E-state index in [-0.39, 0.29) is 11.8 Å². The molecule has 130 valence electrons. The molecule has 2 amide bonds. The summed E-state index contributed by atoms with van der Waals surface area (Å²) in [6.45, 7) is 1.25. The van der Waals surface area contributed by atoms with Crippen LogP contribution in [0.2, 0.25) is 0 Å². The number of hydrogen-bond donors (Lipinski definition) is 2. The van der Waals surface area contributed by atoms with Gasteiger partial charge in [-0.15, -0.1) is 0 Å². The molecule has 5 heteroatoms. The second kappa shape index (κ2) is 6.51. The number of carbonyl (C=O) groups is 2. The third-order valence-corrected chi connectivity index (χ3v) is 6.93. The van der Waals surface area contributed by atoms with Gasteiger partial charge >= 0.3 is 0 Å². The Morgan fingerprint density at radius 3 is 2.33 bits per heavy atom. The summed E-state index contributed by atoms with van der Waals surface area (Å²) in [5.41, 5.74) is 1.05. The average Bonchev–Trinajstić information content (AvgIpc) is 3.06. The van der Waals surface area contributed by atoms with Gasteiger partial charge in [-0.2, -0.15) is 11.3 Å². The zero-order valence-electron chi connectivity index (χ0n) is 14.1. The first kappa shape index (κ1) is 16.1. The number of nitrogens with one attached hydrogen (secondary N) is 2. The molecule has 1 aromatic heterocycles. The largest absolute Gasteiger partial charge is 0.355 e. The third kappa shape index (κ3) is 3.37. The van der Waals surface area contributed by atoms with Crippen molar-refractivity contribution in [2.24, 2.45) is 23.2 Å². The van der Waals surface area contributed by atoms with E-state index in [1.807, 2.05) is 10.8 Å². The molecule has 0 saturated heterocycles. The lowest BCUT2D eigenvalue weighted by Crippen LogP contribution is -2.51. The molecule has 0 spiro atoms. The summed E-state index contributed by atoms with van der Waals surface area (Å²) in [5.74, 6) is 2.72. The molecule has 4 fully saturated rings. The average molecular weight is 346 g/mol. The lowest BCUT2D eigenvalue weighted by atomic mass is 9.49. The Bertz CT molecular complexity index is 576. The molecule has 4 aliphatic rings. The van der Waals surface area contributed by atoms with E-state index in [2.05, 4.69) is 10.6 Å². The van der Waals surface area contributed by atoms with Gasteiger partial charge in [0.2, 0.25) is 5.91 Å². The van der Waals surface area contributed by atoms with Gasteiger partial charge in [-0.25, -0.2) is 0 Å². The Balaban J connectivity index is 1.20. The second-order valence-corrected chi connectivity index (χ2v) is 8.99. The van der Waals surface area contributed by atoms with Crippen molar-refractivity contribution in [1.29, 1.82) is 0 Å². The predicted octanol–water partition coefficient (Wildman–Crippen LogP) is 3.20. The van der Waals surface area contributed by atoms with E-state index in [1.165, 1.54) is 49.9 Å². The Hall–Kier alpha value is -1.36. The van der Waals surface area contributed by atoms with Gasteiger partial charge in [0.25, 0.3) is 5.91 Å². The van der Waals surface area contributed by atoms with Crippen molar-refractivity contribution in [3.8, 4) is 0 Å². The molecule has 0 aromatic carbocycles. The van der Waals surface area contributed by atoms with Crippen LogP contribution in [0.15, 0.2) is 16.8 Å². The quantitative estimate of drug-likeness (QED) is 0.831. The number of amides is 2. The third-order valence-electron chi connectivity index (χ3n) is 6.25. The summed E-state index contributed by atoms with van der Waals surface area (Å²) >= 11 is 1.50. The van der Waals surface area contributed by atoms with Gasteiger partial charge < -0.3 is 10.6 Å². The minimum atomic E-state index is -0.0925.